The van der Waals surface area contributed by atoms with Crippen molar-refractivity contribution in [2.24, 2.45) is 23.2 Å². The Hall–Kier alpha value is -1.41. The van der Waals surface area contributed by atoms with Gasteiger partial charge in [0.15, 0.2) is 0 Å². The van der Waals surface area contributed by atoms with E-state index in [4.69, 9.17) is 14.2 Å². The average Bonchev–Trinajstić information content (AvgIpc) is 3.12. The standard InChI is InChI=1S/C21H28O7/c1-20-7-15(24)13(22)5-11(20)6-14(23)17-12(20)4-3-10-8-26-21(2)18(10)16(9-27-21)28-19(17)25/h6,8,12-18,22-24H,3-5,7,9H2,1-2H3. The maximum Gasteiger partial charge on any atom is 0.312 e. The van der Waals surface area contributed by atoms with Crippen molar-refractivity contribution in [3.8, 4) is 0 Å². The van der Waals surface area contributed by atoms with Gasteiger partial charge in [-0.2, -0.15) is 0 Å². The molecule has 0 aromatic heterocycles. The molecule has 3 aliphatic heterocycles. The molecule has 3 heterocycles. The van der Waals surface area contributed by atoms with E-state index in [-0.39, 0.29) is 18.4 Å². The predicted octanol–water partition coefficient (Wildman–Crippen LogP) is 1.02. The molecule has 7 nitrogen and oxygen atoms in total. The fourth-order valence-corrected chi connectivity index (χ4v) is 6.28. The molecule has 3 N–H and O–H groups in total. The first-order valence-electron chi connectivity index (χ1n) is 10.2. The molecule has 7 heteroatoms. The SMILES string of the molecule is CC12OC=C3CCC4C(C(=O)OC(CO1)C32)C(O)C=C1CC(O)C(O)CC14C. The fraction of sp³-hybridized carbons (Fsp3) is 0.762. The average molecular weight is 392 g/mol. The van der Waals surface area contributed by atoms with Crippen molar-refractivity contribution in [1.82, 2.24) is 0 Å². The Morgan fingerprint density at radius 2 is 1.96 bits per heavy atom. The van der Waals surface area contributed by atoms with Crippen LogP contribution in [-0.4, -0.2) is 58.1 Å². The molecule has 28 heavy (non-hydrogen) atoms. The third-order valence-electron chi connectivity index (χ3n) is 7.83. The Balaban J connectivity index is 1.54. The lowest BCUT2D eigenvalue weighted by atomic mass is 9.54. The van der Waals surface area contributed by atoms with Gasteiger partial charge < -0.3 is 29.5 Å². The molecule has 154 valence electrons. The first-order chi connectivity index (χ1) is 13.2. The topological polar surface area (TPSA) is 105 Å². The van der Waals surface area contributed by atoms with Crippen LogP contribution < -0.4 is 0 Å². The summed E-state index contributed by atoms with van der Waals surface area (Å²) in [5.41, 5.74) is 1.53. The lowest BCUT2D eigenvalue weighted by molar-refractivity contribution is -0.166. The molecule has 2 aliphatic carbocycles. The number of aliphatic hydroxyl groups excluding tert-OH is 3. The molecule has 0 aromatic carbocycles. The number of carbonyl (C=O) groups excluding carboxylic acids is 1. The number of aliphatic hydroxyl groups is 3. The molecular formula is C21H28O7. The van der Waals surface area contributed by atoms with Crippen LogP contribution in [-0.2, 0) is 19.0 Å². The molecule has 2 saturated heterocycles. The lowest BCUT2D eigenvalue weighted by Gasteiger charge is -2.52. The molecule has 9 atom stereocenters. The summed E-state index contributed by atoms with van der Waals surface area (Å²) in [6, 6.07) is 0. The van der Waals surface area contributed by atoms with Crippen LogP contribution in [0, 0.1) is 23.2 Å². The minimum absolute atomic E-state index is 0.132. The minimum atomic E-state index is -0.958. The normalized spacial score (nSPS) is 52.6. The summed E-state index contributed by atoms with van der Waals surface area (Å²) in [7, 11) is 0. The number of hydrogen-bond donors (Lipinski definition) is 3. The van der Waals surface area contributed by atoms with E-state index in [0.717, 1.165) is 11.1 Å². The van der Waals surface area contributed by atoms with Crippen molar-refractivity contribution in [3.63, 3.8) is 0 Å². The smallest absolute Gasteiger partial charge is 0.312 e. The molecule has 0 amide bonds. The third-order valence-corrected chi connectivity index (χ3v) is 7.83. The fourth-order valence-electron chi connectivity index (χ4n) is 6.28. The largest absolute Gasteiger partial charge is 0.469 e. The van der Waals surface area contributed by atoms with Gasteiger partial charge in [0.05, 0.1) is 43.0 Å². The third kappa shape index (κ3) is 2.46. The monoisotopic (exact) mass is 392 g/mol. The summed E-state index contributed by atoms with van der Waals surface area (Å²) in [6.45, 7) is 4.19. The molecular weight excluding hydrogens is 364 g/mol. The number of fused-ring (bicyclic) bond motifs is 3. The highest BCUT2D eigenvalue weighted by atomic mass is 16.7. The van der Waals surface area contributed by atoms with Gasteiger partial charge in [-0.3, -0.25) is 4.79 Å². The summed E-state index contributed by atoms with van der Waals surface area (Å²) >= 11 is 0. The Kier molecular flexibility index (Phi) is 4.02. The maximum absolute atomic E-state index is 13.2. The van der Waals surface area contributed by atoms with Crippen molar-refractivity contribution in [2.45, 2.75) is 69.7 Å². The number of carbonyl (C=O) groups is 1. The van der Waals surface area contributed by atoms with Gasteiger partial charge in [0.1, 0.15) is 6.10 Å². The lowest BCUT2D eigenvalue weighted by Crippen LogP contribution is -2.53. The van der Waals surface area contributed by atoms with Crippen LogP contribution in [0.4, 0.5) is 0 Å². The summed E-state index contributed by atoms with van der Waals surface area (Å²) < 4.78 is 17.4. The van der Waals surface area contributed by atoms with Crippen molar-refractivity contribution < 1.29 is 34.3 Å². The molecule has 0 bridgehead atoms. The Bertz CT molecular complexity index is 760. The molecule has 0 spiro atoms. The van der Waals surface area contributed by atoms with Crippen molar-refractivity contribution in [3.05, 3.63) is 23.5 Å². The van der Waals surface area contributed by atoms with E-state index in [2.05, 4.69) is 0 Å². The second-order valence-corrected chi connectivity index (χ2v) is 9.40. The maximum atomic E-state index is 13.2. The predicted molar refractivity (Wildman–Crippen MR) is 96.6 cm³/mol. The minimum Gasteiger partial charge on any atom is -0.469 e. The first kappa shape index (κ1) is 18.6. The van der Waals surface area contributed by atoms with Gasteiger partial charge in [0.2, 0.25) is 5.79 Å². The van der Waals surface area contributed by atoms with Gasteiger partial charge >= 0.3 is 5.97 Å². The van der Waals surface area contributed by atoms with Gasteiger partial charge in [-0.15, -0.1) is 0 Å². The first-order valence-corrected chi connectivity index (χ1v) is 10.2. The van der Waals surface area contributed by atoms with E-state index in [9.17, 15) is 20.1 Å². The van der Waals surface area contributed by atoms with Crippen molar-refractivity contribution in [2.75, 3.05) is 6.61 Å². The van der Waals surface area contributed by atoms with Crippen LogP contribution in [0.25, 0.3) is 0 Å². The van der Waals surface area contributed by atoms with E-state index in [1.54, 1.807) is 12.3 Å². The summed E-state index contributed by atoms with van der Waals surface area (Å²) in [5.74, 6) is -2.23. The molecule has 5 aliphatic rings. The van der Waals surface area contributed by atoms with Crippen LogP contribution in [0.3, 0.4) is 0 Å². The highest BCUT2D eigenvalue weighted by Crippen LogP contribution is 2.56. The Morgan fingerprint density at radius 3 is 2.75 bits per heavy atom. The number of esters is 1. The Morgan fingerprint density at radius 1 is 1.18 bits per heavy atom. The number of ether oxygens (including phenoxy) is 3. The molecule has 1 saturated carbocycles. The highest BCUT2D eigenvalue weighted by Gasteiger charge is 2.59. The number of rotatable bonds is 0. The number of hydrogen-bond acceptors (Lipinski definition) is 7. The zero-order chi connectivity index (χ0) is 19.8. The van der Waals surface area contributed by atoms with Gasteiger partial charge in [0, 0.05) is 6.92 Å². The second kappa shape index (κ2) is 6.05. The zero-order valence-corrected chi connectivity index (χ0v) is 16.2. The highest BCUT2D eigenvalue weighted by molar-refractivity contribution is 5.75. The van der Waals surface area contributed by atoms with Gasteiger partial charge in [0.25, 0.3) is 0 Å². The molecule has 3 fully saturated rings. The summed E-state index contributed by atoms with van der Waals surface area (Å²) in [5, 5.41) is 31.3. The second-order valence-electron chi connectivity index (χ2n) is 9.40. The summed E-state index contributed by atoms with van der Waals surface area (Å²) in [6.07, 6.45) is 2.45. The van der Waals surface area contributed by atoms with E-state index >= 15 is 0 Å². The molecule has 9 unspecified atom stereocenters. The quantitative estimate of drug-likeness (QED) is 0.418. The van der Waals surface area contributed by atoms with E-state index in [1.165, 1.54) is 0 Å². The van der Waals surface area contributed by atoms with Gasteiger partial charge in [-0.05, 0) is 42.6 Å². The van der Waals surface area contributed by atoms with Crippen LogP contribution in [0.15, 0.2) is 23.5 Å². The zero-order valence-electron chi connectivity index (χ0n) is 16.2. The molecule has 0 aromatic rings. The van der Waals surface area contributed by atoms with Crippen molar-refractivity contribution in [1.29, 1.82) is 0 Å². The van der Waals surface area contributed by atoms with Crippen LogP contribution in [0.2, 0.25) is 0 Å². The van der Waals surface area contributed by atoms with Crippen LogP contribution >= 0.6 is 0 Å². The van der Waals surface area contributed by atoms with Crippen LogP contribution in [0.5, 0.6) is 0 Å². The van der Waals surface area contributed by atoms with Crippen LogP contribution in [0.1, 0.15) is 39.5 Å². The van der Waals surface area contributed by atoms with Crippen molar-refractivity contribution >= 4 is 5.97 Å². The van der Waals surface area contributed by atoms with Gasteiger partial charge in [-0.25, -0.2) is 0 Å². The van der Waals surface area contributed by atoms with E-state index in [1.807, 2.05) is 13.8 Å². The Labute approximate surface area is 164 Å². The van der Waals surface area contributed by atoms with E-state index in [0.29, 0.717) is 25.7 Å². The molecule has 5 rings (SSSR count). The van der Waals surface area contributed by atoms with Gasteiger partial charge in [-0.1, -0.05) is 18.6 Å². The summed E-state index contributed by atoms with van der Waals surface area (Å²) in [4.78, 5) is 13.2. The van der Waals surface area contributed by atoms with E-state index < -0.39 is 47.5 Å². The molecule has 0 radical (unpaired) electrons.